The van der Waals surface area contributed by atoms with E-state index in [0.29, 0.717) is 26.3 Å². The van der Waals surface area contributed by atoms with Gasteiger partial charge >= 0.3 is 0 Å². The van der Waals surface area contributed by atoms with E-state index in [2.05, 4.69) is 0 Å². The summed E-state index contributed by atoms with van der Waals surface area (Å²) in [7, 11) is 1.60. The number of nitrogens with zero attached hydrogens (tertiary/aromatic N) is 1. The normalized spacial score (nSPS) is 44.8. The van der Waals surface area contributed by atoms with E-state index < -0.39 is 12.2 Å². The van der Waals surface area contributed by atoms with Crippen molar-refractivity contribution in [3.05, 3.63) is 0 Å². The van der Waals surface area contributed by atoms with Crippen molar-refractivity contribution >= 4 is 0 Å². The molecule has 2 unspecified atom stereocenters. The molecule has 2 N–H and O–H groups in total. The summed E-state index contributed by atoms with van der Waals surface area (Å²) in [4.78, 5) is 2.04. The van der Waals surface area contributed by atoms with E-state index in [-0.39, 0.29) is 12.1 Å². The number of hydrogen-bond donors (Lipinski definition) is 2. The van der Waals surface area contributed by atoms with E-state index >= 15 is 0 Å². The molecule has 2 heterocycles. The van der Waals surface area contributed by atoms with Crippen molar-refractivity contribution in [1.29, 1.82) is 0 Å². The second-order valence-electron chi connectivity index (χ2n) is 3.97. The number of hydrogen-bond acceptors (Lipinski definition) is 5. The number of aliphatic hydroxyl groups excluding tert-OH is 2. The lowest BCUT2D eigenvalue weighted by Crippen LogP contribution is -2.42. The first-order valence-corrected chi connectivity index (χ1v) is 4.93. The van der Waals surface area contributed by atoms with Crippen molar-refractivity contribution in [1.82, 2.24) is 4.90 Å². The van der Waals surface area contributed by atoms with Gasteiger partial charge in [0.15, 0.2) is 0 Å². The Labute approximate surface area is 83.2 Å². The van der Waals surface area contributed by atoms with Gasteiger partial charge in [0.1, 0.15) is 0 Å². The zero-order chi connectivity index (χ0) is 10.1. The van der Waals surface area contributed by atoms with Gasteiger partial charge in [-0.25, -0.2) is 0 Å². The third-order valence-corrected chi connectivity index (χ3v) is 3.06. The van der Waals surface area contributed by atoms with E-state index in [9.17, 15) is 10.2 Å². The molecule has 14 heavy (non-hydrogen) atoms. The average Bonchev–Trinajstić information content (AvgIpc) is 2.71. The van der Waals surface area contributed by atoms with Crippen LogP contribution in [-0.2, 0) is 9.47 Å². The standard InChI is InChI=1S/C9H17NO4/c1-13-9-3-10(2-7(9)11)6-4-14-5-8(6)12/h6-9,11-12H,2-5H2,1H3/t6?,7-,8?,9-/m1/s1. The van der Waals surface area contributed by atoms with Crippen molar-refractivity contribution in [2.45, 2.75) is 24.4 Å². The Balaban J connectivity index is 1.94. The maximum Gasteiger partial charge on any atom is 0.0969 e. The summed E-state index contributed by atoms with van der Waals surface area (Å²) in [6, 6.07) is 0.0183. The molecule has 2 aliphatic rings. The first kappa shape index (κ1) is 10.3. The van der Waals surface area contributed by atoms with Gasteiger partial charge in [-0.3, -0.25) is 4.90 Å². The van der Waals surface area contributed by atoms with Crippen LogP contribution in [0.4, 0.5) is 0 Å². The van der Waals surface area contributed by atoms with Gasteiger partial charge in [-0.1, -0.05) is 0 Å². The van der Waals surface area contributed by atoms with Crippen LogP contribution in [0, 0.1) is 0 Å². The molecule has 0 bridgehead atoms. The van der Waals surface area contributed by atoms with Gasteiger partial charge in [-0.2, -0.15) is 0 Å². The molecule has 0 saturated carbocycles. The van der Waals surface area contributed by atoms with Crippen LogP contribution in [0.3, 0.4) is 0 Å². The highest BCUT2D eigenvalue weighted by atomic mass is 16.5. The zero-order valence-electron chi connectivity index (χ0n) is 8.30. The van der Waals surface area contributed by atoms with Crippen LogP contribution in [0.5, 0.6) is 0 Å². The number of aliphatic hydroxyl groups is 2. The Morgan fingerprint density at radius 3 is 2.50 bits per heavy atom. The van der Waals surface area contributed by atoms with Crippen molar-refractivity contribution < 1.29 is 19.7 Å². The molecule has 0 amide bonds. The Morgan fingerprint density at radius 1 is 1.21 bits per heavy atom. The van der Waals surface area contributed by atoms with E-state index in [0.717, 1.165) is 0 Å². The van der Waals surface area contributed by atoms with Crippen molar-refractivity contribution in [3.8, 4) is 0 Å². The predicted octanol–water partition coefficient (Wildman–Crippen LogP) is -1.56. The van der Waals surface area contributed by atoms with Crippen LogP contribution in [0.15, 0.2) is 0 Å². The molecule has 2 saturated heterocycles. The minimum Gasteiger partial charge on any atom is -0.389 e. The Kier molecular flexibility index (Phi) is 3.04. The summed E-state index contributed by atoms with van der Waals surface area (Å²) >= 11 is 0. The minimum absolute atomic E-state index is 0.0183. The van der Waals surface area contributed by atoms with E-state index in [1.807, 2.05) is 4.90 Å². The van der Waals surface area contributed by atoms with Gasteiger partial charge < -0.3 is 19.7 Å². The number of β-amino-alcohol motifs (C(OH)–C–C–N with tert-alkyl or cyclic N) is 1. The van der Waals surface area contributed by atoms with Crippen molar-refractivity contribution in [2.75, 3.05) is 33.4 Å². The number of likely N-dealkylation sites (tertiary alicyclic amines) is 1. The predicted molar refractivity (Wildman–Crippen MR) is 49.0 cm³/mol. The summed E-state index contributed by atoms with van der Waals surface area (Å²) in [5.41, 5.74) is 0. The Bertz CT molecular complexity index is 201. The zero-order valence-corrected chi connectivity index (χ0v) is 8.30. The number of rotatable bonds is 2. The van der Waals surface area contributed by atoms with Gasteiger partial charge in [-0.15, -0.1) is 0 Å². The summed E-state index contributed by atoms with van der Waals surface area (Å²) in [5.74, 6) is 0. The smallest absolute Gasteiger partial charge is 0.0969 e. The molecular weight excluding hydrogens is 186 g/mol. The summed E-state index contributed by atoms with van der Waals surface area (Å²) < 4.78 is 10.3. The third-order valence-electron chi connectivity index (χ3n) is 3.06. The highest BCUT2D eigenvalue weighted by Gasteiger charge is 2.40. The lowest BCUT2D eigenvalue weighted by atomic mass is 10.2. The quantitative estimate of drug-likeness (QED) is 0.568. The fraction of sp³-hybridized carbons (Fsp3) is 1.00. The molecule has 0 radical (unpaired) electrons. The molecule has 0 aromatic rings. The summed E-state index contributed by atoms with van der Waals surface area (Å²) in [6.07, 6.45) is -1.02. The van der Waals surface area contributed by atoms with Crippen molar-refractivity contribution in [3.63, 3.8) is 0 Å². The van der Waals surface area contributed by atoms with Crippen LogP contribution < -0.4 is 0 Å². The topological polar surface area (TPSA) is 62.2 Å². The van der Waals surface area contributed by atoms with Crippen LogP contribution in [0.25, 0.3) is 0 Å². The highest BCUT2D eigenvalue weighted by molar-refractivity contribution is 4.92. The van der Waals surface area contributed by atoms with Crippen LogP contribution >= 0.6 is 0 Å². The summed E-state index contributed by atoms with van der Waals surface area (Å²) in [6.45, 7) is 2.17. The number of methoxy groups -OCH3 is 1. The van der Waals surface area contributed by atoms with E-state index in [1.165, 1.54) is 0 Å². The monoisotopic (exact) mass is 203 g/mol. The first-order valence-electron chi connectivity index (χ1n) is 4.93. The molecule has 2 fully saturated rings. The second kappa shape index (κ2) is 4.12. The molecule has 2 rings (SSSR count). The third kappa shape index (κ3) is 1.78. The highest BCUT2D eigenvalue weighted by Crippen LogP contribution is 2.20. The maximum absolute atomic E-state index is 9.62. The molecule has 0 spiro atoms. The average molecular weight is 203 g/mol. The second-order valence-corrected chi connectivity index (χ2v) is 3.97. The van der Waals surface area contributed by atoms with Gasteiger partial charge in [0, 0.05) is 20.2 Å². The molecule has 5 nitrogen and oxygen atoms in total. The molecule has 0 aromatic heterocycles. The molecule has 2 aliphatic heterocycles. The molecule has 0 aliphatic carbocycles. The maximum atomic E-state index is 9.62. The van der Waals surface area contributed by atoms with E-state index in [1.54, 1.807) is 7.11 Å². The Morgan fingerprint density at radius 2 is 2.00 bits per heavy atom. The first-order chi connectivity index (χ1) is 6.72. The van der Waals surface area contributed by atoms with Crippen molar-refractivity contribution in [2.24, 2.45) is 0 Å². The van der Waals surface area contributed by atoms with Crippen LogP contribution in [0.2, 0.25) is 0 Å². The van der Waals surface area contributed by atoms with Crippen LogP contribution in [0.1, 0.15) is 0 Å². The lowest BCUT2D eigenvalue weighted by molar-refractivity contribution is 0.0211. The molecule has 5 heteroatoms. The van der Waals surface area contributed by atoms with Gasteiger partial charge in [0.25, 0.3) is 0 Å². The van der Waals surface area contributed by atoms with Gasteiger partial charge in [-0.05, 0) is 0 Å². The van der Waals surface area contributed by atoms with Gasteiger partial charge in [0.2, 0.25) is 0 Å². The van der Waals surface area contributed by atoms with Gasteiger partial charge in [0.05, 0.1) is 37.6 Å². The van der Waals surface area contributed by atoms with Crippen LogP contribution in [-0.4, -0.2) is 72.9 Å². The molecule has 4 atom stereocenters. The Hall–Kier alpha value is -0.200. The SMILES string of the molecule is CO[C@@H]1CN(C2COCC2O)C[C@H]1O. The minimum atomic E-state index is -0.451. The molecule has 82 valence electrons. The molecular formula is C9H17NO4. The number of ether oxygens (including phenoxy) is 2. The lowest BCUT2D eigenvalue weighted by Gasteiger charge is -2.24. The fourth-order valence-electron chi connectivity index (χ4n) is 2.17. The van der Waals surface area contributed by atoms with E-state index in [4.69, 9.17) is 9.47 Å². The summed E-state index contributed by atoms with van der Waals surface area (Å²) in [5, 5.41) is 19.2. The molecule has 0 aromatic carbocycles. The fourth-order valence-corrected chi connectivity index (χ4v) is 2.17. The largest absolute Gasteiger partial charge is 0.389 e.